The van der Waals surface area contributed by atoms with Crippen molar-refractivity contribution in [3.8, 4) is 50.6 Å². The SMILES string of the molecule is c1ccc(-c2ccc3ccc4ccc(-c5ccc(-c6ccc7c8ccc9c(-c%10cccc%11ccccc%10%11)nc%10ccccc%10c9c8n(-c8ccccc8)c7c6)cc5)nc4c3n2)cc1. The summed E-state index contributed by atoms with van der Waals surface area (Å²) >= 11 is 0. The summed E-state index contributed by atoms with van der Waals surface area (Å²) in [6.07, 6.45) is 0. The van der Waals surface area contributed by atoms with Gasteiger partial charge in [0.05, 0.1) is 44.7 Å². The molecule has 292 valence electrons. The van der Waals surface area contributed by atoms with Gasteiger partial charge in [0.15, 0.2) is 0 Å². The van der Waals surface area contributed by atoms with Crippen LogP contribution in [0.15, 0.2) is 218 Å². The Hall–Kier alpha value is -8.47. The topological polar surface area (TPSA) is 43.6 Å². The van der Waals surface area contributed by atoms with Crippen LogP contribution in [0.3, 0.4) is 0 Å². The highest BCUT2D eigenvalue weighted by atomic mass is 15.0. The number of benzene rings is 9. The second kappa shape index (κ2) is 14.1. The molecular weight excluding hydrogens is 765 g/mol. The minimum atomic E-state index is 0.909. The van der Waals surface area contributed by atoms with Crippen molar-refractivity contribution in [2.24, 2.45) is 0 Å². The second-order valence-electron chi connectivity index (χ2n) is 16.3. The number of nitrogens with zero attached hydrogens (tertiary/aromatic N) is 4. The summed E-state index contributed by atoms with van der Waals surface area (Å²) in [5.74, 6) is 0. The van der Waals surface area contributed by atoms with Gasteiger partial charge in [-0.05, 0) is 58.3 Å². The van der Waals surface area contributed by atoms with E-state index < -0.39 is 0 Å². The van der Waals surface area contributed by atoms with Gasteiger partial charge in [0.2, 0.25) is 0 Å². The molecule has 13 rings (SSSR count). The molecule has 63 heavy (non-hydrogen) atoms. The van der Waals surface area contributed by atoms with E-state index in [-0.39, 0.29) is 0 Å². The zero-order valence-electron chi connectivity index (χ0n) is 34.1. The molecule has 0 aliphatic heterocycles. The summed E-state index contributed by atoms with van der Waals surface area (Å²) in [5.41, 5.74) is 14.7. The fraction of sp³-hybridized carbons (Fsp3) is 0. The van der Waals surface area contributed by atoms with Gasteiger partial charge in [0, 0.05) is 60.1 Å². The number of pyridine rings is 3. The lowest BCUT2D eigenvalue weighted by atomic mass is 9.94. The van der Waals surface area contributed by atoms with E-state index in [2.05, 4.69) is 217 Å². The number of para-hydroxylation sites is 2. The Balaban J connectivity index is 0.976. The fourth-order valence-electron chi connectivity index (χ4n) is 9.73. The number of hydrogen-bond donors (Lipinski definition) is 0. The number of hydrogen-bond acceptors (Lipinski definition) is 3. The van der Waals surface area contributed by atoms with Crippen molar-refractivity contribution < 1.29 is 0 Å². The average molecular weight is 801 g/mol. The summed E-state index contributed by atoms with van der Waals surface area (Å²) in [5, 5.41) is 10.5. The minimum absolute atomic E-state index is 0.909. The predicted octanol–water partition coefficient (Wildman–Crippen LogP) is 15.4. The van der Waals surface area contributed by atoms with Gasteiger partial charge in [-0.2, -0.15) is 0 Å². The Kier molecular flexibility index (Phi) is 7.87. The molecule has 0 fully saturated rings. The lowest BCUT2D eigenvalue weighted by molar-refractivity contribution is 1.19. The van der Waals surface area contributed by atoms with Crippen molar-refractivity contribution in [3.05, 3.63) is 218 Å². The summed E-state index contributed by atoms with van der Waals surface area (Å²) in [6, 6.07) is 78.0. The molecule has 0 aliphatic carbocycles. The van der Waals surface area contributed by atoms with Gasteiger partial charge in [-0.1, -0.05) is 182 Å². The summed E-state index contributed by atoms with van der Waals surface area (Å²) < 4.78 is 2.46. The first-order chi connectivity index (χ1) is 31.2. The van der Waals surface area contributed by atoms with Gasteiger partial charge < -0.3 is 4.57 Å². The van der Waals surface area contributed by atoms with E-state index in [0.29, 0.717) is 0 Å². The maximum absolute atomic E-state index is 5.40. The van der Waals surface area contributed by atoms with E-state index in [4.69, 9.17) is 15.0 Å². The maximum Gasteiger partial charge on any atom is 0.0972 e. The van der Waals surface area contributed by atoms with E-state index >= 15 is 0 Å². The fourth-order valence-corrected chi connectivity index (χ4v) is 9.73. The monoisotopic (exact) mass is 800 g/mol. The van der Waals surface area contributed by atoms with Crippen molar-refractivity contribution in [1.82, 2.24) is 19.5 Å². The average Bonchev–Trinajstić information content (AvgIpc) is 3.70. The molecule has 0 radical (unpaired) electrons. The van der Waals surface area contributed by atoms with Crippen molar-refractivity contribution >= 4 is 76.1 Å². The summed E-state index contributed by atoms with van der Waals surface area (Å²) in [7, 11) is 0. The Morgan fingerprint density at radius 3 is 1.67 bits per heavy atom. The Morgan fingerprint density at radius 1 is 0.333 bits per heavy atom. The third-order valence-corrected chi connectivity index (χ3v) is 12.8. The normalized spacial score (nSPS) is 11.8. The van der Waals surface area contributed by atoms with E-state index in [0.717, 1.165) is 94.2 Å². The molecule has 0 atom stereocenters. The number of rotatable bonds is 5. The zero-order chi connectivity index (χ0) is 41.4. The molecule has 4 aromatic heterocycles. The van der Waals surface area contributed by atoms with Crippen molar-refractivity contribution in [2.75, 3.05) is 0 Å². The molecule has 0 bridgehead atoms. The van der Waals surface area contributed by atoms with E-state index in [9.17, 15) is 0 Å². The third kappa shape index (κ3) is 5.66. The summed E-state index contributed by atoms with van der Waals surface area (Å²) in [4.78, 5) is 15.8. The minimum Gasteiger partial charge on any atom is -0.309 e. The van der Waals surface area contributed by atoms with Gasteiger partial charge in [0.1, 0.15) is 0 Å². The maximum atomic E-state index is 5.40. The smallest absolute Gasteiger partial charge is 0.0972 e. The van der Waals surface area contributed by atoms with Gasteiger partial charge in [-0.3, -0.25) is 0 Å². The van der Waals surface area contributed by atoms with E-state index in [1.807, 2.05) is 6.07 Å². The van der Waals surface area contributed by atoms with Crippen LogP contribution in [-0.4, -0.2) is 19.5 Å². The van der Waals surface area contributed by atoms with Crippen LogP contribution >= 0.6 is 0 Å². The lowest BCUT2D eigenvalue weighted by Gasteiger charge is -2.15. The molecule has 0 saturated heterocycles. The number of fused-ring (bicyclic) bond motifs is 11. The lowest BCUT2D eigenvalue weighted by Crippen LogP contribution is -1.96. The summed E-state index contributed by atoms with van der Waals surface area (Å²) in [6.45, 7) is 0. The molecule has 0 aliphatic rings. The highest BCUT2D eigenvalue weighted by molar-refractivity contribution is 6.27. The first-order valence-corrected chi connectivity index (χ1v) is 21.4. The van der Waals surface area contributed by atoms with Gasteiger partial charge in [-0.25, -0.2) is 15.0 Å². The van der Waals surface area contributed by atoms with Crippen LogP contribution in [0.2, 0.25) is 0 Å². The first-order valence-electron chi connectivity index (χ1n) is 21.4. The van der Waals surface area contributed by atoms with Gasteiger partial charge in [-0.15, -0.1) is 0 Å². The Labute approximate surface area is 363 Å². The molecule has 0 saturated carbocycles. The third-order valence-electron chi connectivity index (χ3n) is 12.8. The molecule has 0 unspecified atom stereocenters. The van der Waals surface area contributed by atoms with Gasteiger partial charge in [0.25, 0.3) is 0 Å². The highest BCUT2D eigenvalue weighted by Crippen LogP contribution is 2.44. The van der Waals surface area contributed by atoms with Crippen molar-refractivity contribution in [2.45, 2.75) is 0 Å². The molecule has 0 N–H and O–H groups in total. The van der Waals surface area contributed by atoms with Crippen LogP contribution in [0.5, 0.6) is 0 Å². The predicted molar refractivity (Wildman–Crippen MR) is 263 cm³/mol. The van der Waals surface area contributed by atoms with Crippen molar-refractivity contribution in [1.29, 1.82) is 0 Å². The molecule has 13 aromatic rings. The molecule has 4 heterocycles. The molecule has 4 nitrogen and oxygen atoms in total. The van der Waals surface area contributed by atoms with E-state index in [1.54, 1.807) is 0 Å². The first kappa shape index (κ1) is 35.3. The standard InChI is InChI=1S/C59H36N4/c1-3-13-39(14-4-1)51-34-29-41-26-27-42-30-35-52(61-57(42)56(41)60-51)40-24-22-37(23-25-40)43-28-31-46-48-32-33-50-55(59(48)63(54(46)36-43)44-16-5-2-6-17-44)49-19-9-10-21-53(49)62-58(50)47-20-11-15-38-12-7-8-18-45(38)47/h1-36H. The molecular formula is C59H36N4. The largest absolute Gasteiger partial charge is 0.309 e. The van der Waals surface area contributed by atoms with Crippen LogP contribution in [0.4, 0.5) is 0 Å². The van der Waals surface area contributed by atoms with Crippen LogP contribution in [0.1, 0.15) is 0 Å². The number of aromatic nitrogens is 4. The Bertz CT molecular complexity index is 3940. The molecule has 4 heteroatoms. The zero-order valence-corrected chi connectivity index (χ0v) is 34.1. The second-order valence-corrected chi connectivity index (χ2v) is 16.3. The molecule has 0 amide bonds. The van der Waals surface area contributed by atoms with Crippen LogP contribution in [-0.2, 0) is 0 Å². The highest BCUT2D eigenvalue weighted by Gasteiger charge is 2.21. The molecule has 0 spiro atoms. The van der Waals surface area contributed by atoms with Crippen LogP contribution < -0.4 is 0 Å². The van der Waals surface area contributed by atoms with E-state index in [1.165, 1.54) is 32.4 Å². The van der Waals surface area contributed by atoms with Gasteiger partial charge >= 0.3 is 0 Å². The quantitative estimate of drug-likeness (QED) is 0.163. The van der Waals surface area contributed by atoms with Crippen molar-refractivity contribution in [3.63, 3.8) is 0 Å². The molecule has 9 aromatic carbocycles. The Morgan fingerprint density at radius 2 is 0.905 bits per heavy atom. The van der Waals surface area contributed by atoms with Crippen LogP contribution in [0, 0.1) is 0 Å². The van der Waals surface area contributed by atoms with Crippen LogP contribution in [0.25, 0.3) is 127 Å².